The second-order valence-electron chi connectivity index (χ2n) is 3.47. The minimum absolute atomic E-state index is 0.0277. The van der Waals surface area contributed by atoms with Crippen LogP contribution < -0.4 is 0 Å². The standard InChI is InChI=1S/C12H16O4/c1-15-8-9-3-5-10(6-4-9)11(13)7-12(14)16-2/h3-6,11,13H,7-8H2,1-2H3. The molecule has 0 fully saturated rings. The van der Waals surface area contributed by atoms with Crippen LogP contribution in [0, 0.1) is 0 Å². The zero-order valence-electron chi connectivity index (χ0n) is 9.47. The molecule has 0 bridgehead atoms. The lowest BCUT2D eigenvalue weighted by atomic mass is 10.0. The van der Waals surface area contributed by atoms with E-state index in [1.165, 1.54) is 7.11 Å². The van der Waals surface area contributed by atoms with Gasteiger partial charge in [0.05, 0.1) is 26.2 Å². The summed E-state index contributed by atoms with van der Waals surface area (Å²) in [5.74, 6) is -0.423. The topological polar surface area (TPSA) is 55.8 Å². The van der Waals surface area contributed by atoms with Crippen LogP contribution in [0.4, 0.5) is 0 Å². The highest BCUT2D eigenvalue weighted by atomic mass is 16.5. The Morgan fingerprint density at radius 3 is 2.44 bits per heavy atom. The summed E-state index contributed by atoms with van der Waals surface area (Å²) in [5, 5.41) is 9.71. The first kappa shape index (κ1) is 12.7. The minimum Gasteiger partial charge on any atom is -0.469 e. The Morgan fingerprint density at radius 1 is 1.31 bits per heavy atom. The van der Waals surface area contributed by atoms with Gasteiger partial charge in [-0.2, -0.15) is 0 Å². The van der Waals surface area contributed by atoms with Crippen molar-refractivity contribution < 1.29 is 19.4 Å². The SMILES string of the molecule is COCc1ccc(C(O)CC(=O)OC)cc1. The number of rotatable bonds is 5. The largest absolute Gasteiger partial charge is 0.469 e. The quantitative estimate of drug-likeness (QED) is 0.769. The molecule has 88 valence electrons. The number of esters is 1. The predicted molar refractivity (Wildman–Crippen MR) is 58.7 cm³/mol. The van der Waals surface area contributed by atoms with Gasteiger partial charge in [-0.1, -0.05) is 24.3 Å². The van der Waals surface area contributed by atoms with Crippen LogP contribution in [0.1, 0.15) is 23.7 Å². The molecule has 1 rings (SSSR count). The first-order chi connectivity index (χ1) is 7.67. The van der Waals surface area contributed by atoms with Crippen molar-refractivity contribution in [3.8, 4) is 0 Å². The molecule has 0 aliphatic carbocycles. The lowest BCUT2D eigenvalue weighted by Gasteiger charge is -2.10. The van der Waals surface area contributed by atoms with Crippen LogP contribution in [0.15, 0.2) is 24.3 Å². The van der Waals surface area contributed by atoms with Gasteiger partial charge in [-0.15, -0.1) is 0 Å². The number of methoxy groups -OCH3 is 2. The summed E-state index contributed by atoms with van der Waals surface area (Å²) in [7, 11) is 2.93. The summed E-state index contributed by atoms with van der Waals surface area (Å²) >= 11 is 0. The molecule has 4 nitrogen and oxygen atoms in total. The fraction of sp³-hybridized carbons (Fsp3) is 0.417. The normalized spacial score (nSPS) is 12.2. The van der Waals surface area contributed by atoms with Crippen molar-refractivity contribution in [2.24, 2.45) is 0 Å². The van der Waals surface area contributed by atoms with E-state index in [4.69, 9.17) is 4.74 Å². The molecule has 4 heteroatoms. The van der Waals surface area contributed by atoms with Crippen LogP contribution in [0.3, 0.4) is 0 Å². The molecule has 0 spiro atoms. The summed E-state index contributed by atoms with van der Waals surface area (Å²) in [6, 6.07) is 7.28. The van der Waals surface area contributed by atoms with Crippen molar-refractivity contribution >= 4 is 5.97 Å². The Kier molecular flexibility index (Phi) is 4.95. The van der Waals surface area contributed by atoms with Gasteiger partial charge >= 0.3 is 5.97 Å². The number of hydrogen-bond donors (Lipinski definition) is 1. The monoisotopic (exact) mass is 224 g/mol. The second-order valence-corrected chi connectivity index (χ2v) is 3.47. The van der Waals surface area contributed by atoms with Crippen LogP contribution in [0.5, 0.6) is 0 Å². The highest BCUT2D eigenvalue weighted by molar-refractivity contribution is 5.70. The Balaban J connectivity index is 2.62. The third-order valence-electron chi connectivity index (χ3n) is 2.26. The highest BCUT2D eigenvalue weighted by Gasteiger charge is 2.12. The first-order valence-electron chi connectivity index (χ1n) is 5.00. The number of benzene rings is 1. The molecule has 0 saturated carbocycles. The van der Waals surface area contributed by atoms with Crippen molar-refractivity contribution in [2.45, 2.75) is 19.1 Å². The van der Waals surface area contributed by atoms with Crippen LogP contribution >= 0.6 is 0 Å². The lowest BCUT2D eigenvalue weighted by molar-refractivity contribution is -0.142. The number of aliphatic hydroxyl groups excluding tert-OH is 1. The second kappa shape index (κ2) is 6.25. The molecule has 0 amide bonds. The molecule has 0 radical (unpaired) electrons. The Morgan fingerprint density at radius 2 is 1.94 bits per heavy atom. The number of hydrogen-bond acceptors (Lipinski definition) is 4. The molecule has 0 aliphatic heterocycles. The molecule has 1 unspecified atom stereocenters. The summed E-state index contributed by atoms with van der Waals surface area (Å²) in [5.41, 5.74) is 1.72. The van der Waals surface area contributed by atoms with E-state index >= 15 is 0 Å². The molecule has 1 aromatic rings. The first-order valence-corrected chi connectivity index (χ1v) is 5.00. The Labute approximate surface area is 94.8 Å². The zero-order chi connectivity index (χ0) is 12.0. The van der Waals surface area contributed by atoms with Crippen LogP contribution in [-0.4, -0.2) is 25.3 Å². The summed E-state index contributed by atoms with van der Waals surface area (Å²) in [4.78, 5) is 11.0. The fourth-order valence-electron chi connectivity index (χ4n) is 1.36. The van der Waals surface area contributed by atoms with Gasteiger partial charge < -0.3 is 14.6 Å². The third-order valence-corrected chi connectivity index (χ3v) is 2.26. The van der Waals surface area contributed by atoms with Gasteiger partial charge in [0, 0.05) is 7.11 Å². The van der Waals surface area contributed by atoms with Crippen molar-refractivity contribution in [3.05, 3.63) is 35.4 Å². The molecule has 1 atom stereocenters. The predicted octanol–water partition coefficient (Wildman–Crippen LogP) is 1.43. The van der Waals surface area contributed by atoms with Crippen LogP contribution in [0.2, 0.25) is 0 Å². The van der Waals surface area contributed by atoms with E-state index in [-0.39, 0.29) is 6.42 Å². The summed E-state index contributed by atoms with van der Waals surface area (Å²) in [6.45, 7) is 0.535. The zero-order valence-corrected chi connectivity index (χ0v) is 9.47. The highest BCUT2D eigenvalue weighted by Crippen LogP contribution is 2.17. The molecular formula is C12H16O4. The van der Waals surface area contributed by atoms with Crippen molar-refractivity contribution in [1.29, 1.82) is 0 Å². The van der Waals surface area contributed by atoms with Gasteiger partial charge in [0.2, 0.25) is 0 Å². The van der Waals surface area contributed by atoms with Gasteiger partial charge in [-0.25, -0.2) is 0 Å². The van der Waals surface area contributed by atoms with E-state index in [1.54, 1.807) is 19.2 Å². The average molecular weight is 224 g/mol. The van der Waals surface area contributed by atoms with Gasteiger partial charge in [0.15, 0.2) is 0 Å². The van der Waals surface area contributed by atoms with E-state index in [0.29, 0.717) is 12.2 Å². The molecule has 16 heavy (non-hydrogen) atoms. The maximum atomic E-state index is 11.0. The molecule has 1 aromatic carbocycles. The lowest BCUT2D eigenvalue weighted by Crippen LogP contribution is -2.08. The molecule has 0 heterocycles. The smallest absolute Gasteiger partial charge is 0.308 e. The summed E-state index contributed by atoms with van der Waals surface area (Å²) in [6.07, 6.45) is -0.843. The minimum atomic E-state index is -0.816. The maximum absolute atomic E-state index is 11.0. The van der Waals surface area contributed by atoms with Crippen LogP contribution in [-0.2, 0) is 20.9 Å². The molecule has 0 aliphatic rings. The Hall–Kier alpha value is -1.39. The van der Waals surface area contributed by atoms with Crippen LogP contribution in [0.25, 0.3) is 0 Å². The van der Waals surface area contributed by atoms with Crippen molar-refractivity contribution in [1.82, 2.24) is 0 Å². The molecular weight excluding hydrogens is 208 g/mol. The van der Waals surface area contributed by atoms with Gasteiger partial charge in [0.1, 0.15) is 0 Å². The van der Waals surface area contributed by atoms with E-state index in [1.807, 2.05) is 12.1 Å². The average Bonchev–Trinajstić information content (AvgIpc) is 2.30. The van der Waals surface area contributed by atoms with E-state index in [0.717, 1.165) is 5.56 Å². The van der Waals surface area contributed by atoms with Crippen molar-refractivity contribution in [3.63, 3.8) is 0 Å². The third kappa shape index (κ3) is 3.64. The van der Waals surface area contributed by atoms with Gasteiger partial charge in [0.25, 0.3) is 0 Å². The molecule has 0 aromatic heterocycles. The molecule has 1 N–H and O–H groups in total. The number of carbonyl (C=O) groups excluding carboxylic acids is 1. The Bertz CT molecular complexity index is 331. The number of aliphatic hydroxyl groups is 1. The fourth-order valence-corrected chi connectivity index (χ4v) is 1.36. The summed E-state index contributed by atoms with van der Waals surface area (Å²) < 4.78 is 9.46. The number of carbonyl (C=O) groups is 1. The van der Waals surface area contributed by atoms with Gasteiger partial charge in [-0.3, -0.25) is 4.79 Å². The van der Waals surface area contributed by atoms with Crippen molar-refractivity contribution in [2.75, 3.05) is 14.2 Å². The van der Waals surface area contributed by atoms with E-state index in [9.17, 15) is 9.90 Å². The number of ether oxygens (including phenoxy) is 2. The van der Waals surface area contributed by atoms with Gasteiger partial charge in [-0.05, 0) is 11.1 Å². The maximum Gasteiger partial charge on any atom is 0.308 e. The molecule has 0 saturated heterocycles. The van der Waals surface area contributed by atoms with E-state index in [2.05, 4.69) is 4.74 Å². The van der Waals surface area contributed by atoms with E-state index < -0.39 is 12.1 Å².